The molecule has 0 aliphatic carbocycles. The number of rotatable bonds is 5. The van der Waals surface area contributed by atoms with Crippen LogP contribution in [0.4, 0.5) is 0 Å². The van der Waals surface area contributed by atoms with Crippen molar-refractivity contribution < 1.29 is 8.42 Å². The summed E-state index contributed by atoms with van der Waals surface area (Å²) in [5.74, 6) is 0.540. The molecule has 0 radical (unpaired) electrons. The summed E-state index contributed by atoms with van der Waals surface area (Å²) in [6, 6.07) is 12.6. The Morgan fingerprint density at radius 2 is 1.76 bits per heavy atom. The molecule has 1 heterocycles. The highest BCUT2D eigenvalue weighted by atomic mass is 32.2. The van der Waals surface area contributed by atoms with E-state index in [-0.39, 0.29) is 0 Å². The van der Waals surface area contributed by atoms with E-state index in [4.69, 9.17) is 0 Å². The van der Waals surface area contributed by atoms with Gasteiger partial charge >= 0.3 is 0 Å². The second kappa shape index (κ2) is 6.20. The summed E-state index contributed by atoms with van der Waals surface area (Å²) in [5.41, 5.74) is 1.73. The van der Waals surface area contributed by atoms with Gasteiger partial charge in [-0.2, -0.15) is 12.6 Å². The normalized spacial score (nSPS) is 12.3. The van der Waals surface area contributed by atoms with Crippen LogP contribution in [0.1, 0.15) is 20.3 Å². The molecule has 112 valence electrons. The molecule has 0 bridgehead atoms. The molecule has 0 atom stereocenters. The third kappa shape index (κ3) is 3.30. The van der Waals surface area contributed by atoms with E-state index in [0.29, 0.717) is 17.1 Å². The van der Waals surface area contributed by atoms with Crippen molar-refractivity contribution in [2.75, 3.05) is 5.75 Å². The Morgan fingerprint density at radius 1 is 1.10 bits per heavy atom. The number of nitrogens with zero attached hydrogens (tertiary/aromatic N) is 1. The van der Waals surface area contributed by atoms with Crippen LogP contribution >= 0.6 is 12.6 Å². The van der Waals surface area contributed by atoms with Crippen LogP contribution < -0.4 is 0 Å². The summed E-state index contributed by atoms with van der Waals surface area (Å²) in [6.45, 7) is 3.48. The van der Waals surface area contributed by atoms with Crippen molar-refractivity contribution in [3.05, 3.63) is 48.7 Å². The van der Waals surface area contributed by atoms with Gasteiger partial charge in [0.05, 0.1) is 15.3 Å². The maximum Gasteiger partial charge on any atom is 0.183 e. The smallest absolute Gasteiger partial charge is 0.183 e. The molecular formula is C16H19NO2S2. The molecule has 0 fully saturated rings. The Kier molecular flexibility index (Phi) is 4.74. The van der Waals surface area contributed by atoms with E-state index in [1.165, 1.54) is 0 Å². The summed E-state index contributed by atoms with van der Waals surface area (Å²) in [6.07, 6.45) is 2.23. The van der Waals surface area contributed by atoms with E-state index in [9.17, 15) is 8.42 Å². The van der Waals surface area contributed by atoms with Gasteiger partial charge in [0, 0.05) is 11.8 Å². The largest absolute Gasteiger partial charge is 0.256 e. The van der Waals surface area contributed by atoms with Crippen LogP contribution in [-0.4, -0.2) is 23.9 Å². The predicted octanol–water partition coefficient (Wildman–Crippen LogP) is 3.62. The SMILES string of the molecule is CC(C)(CCS)S(=O)(=O)c1ccc(-c2ccccn2)cc1. The number of aromatic nitrogens is 1. The van der Waals surface area contributed by atoms with E-state index in [2.05, 4.69) is 17.6 Å². The first-order valence-electron chi connectivity index (χ1n) is 6.75. The van der Waals surface area contributed by atoms with E-state index in [1.807, 2.05) is 18.2 Å². The topological polar surface area (TPSA) is 47.0 Å². The molecular weight excluding hydrogens is 302 g/mol. The van der Waals surface area contributed by atoms with Crippen molar-refractivity contribution >= 4 is 22.5 Å². The molecule has 2 rings (SSSR count). The molecule has 0 amide bonds. The Hall–Kier alpha value is -1.33. The fourth-order valence-electron chi connectivity index (χ4n) is 2.06. The van der Waals surface area contributed by atoms with Crippen molar-refractivity contribution in [2.45, 2.75) is 29.9 Å². The van der Waals surface area contributed by atoms with Gasteiger partial charge in [-0.05, 0) is 50.3 Å². The van der Waals surface area contributed by atoms with Crippen molar-refractivity contribution in [3.63, 3.8) is 0 Å². The van der Waals surface area contributed by atoms with Gasteiger partial charge in [-0.3, -0.25) is 4.98 Å². The van der Waals surface area contributed by atoms with Gasteiger partial charge in [0.25, 0.3) is 0 Å². The highest BCUT2D eigenvalue weighted by Gasteiger charge is 2.34. The number of thiol groups is 1. The standard InChI is InChI=1S/C16H19NO2S2/c1-16(2,10-12-20)21(18,19)14-8-6-13(7-9-14)15-5-3-4-11-17-15/h3-9,11,20H,10,12H2,1-2H3. The van der Waals surface area contributed by atoms with E-state index in [1.54, 1.807) is 44.3 Å². The van der Waals surface area contributed by atoms with Gasteiger partial charge < -0.3 is 0 Å². The summed E-state index contributed by atoms with van der Waals surface area (Å²) in [4.78, 5) is 4.60. The zero-order chi connectivity index (χ0) is 15.5. The minimum Gasteiger partial charge on any atom is -0.256 e. The molecule has 0 saturated heterocycles. The molecule has 3 nitrogen and oxygen atoms in total. The highest BCUT2D eigenvalue weighted by Crippen LogP contribution is 2.30. The number of pyridine rings is 1. The van der Waals surface area contributed by atoms with Gasteiger partial charge in [0.15, 0.2) is 9.84 Å². The summed E-state index contributed by atoms with van der Waals surface area (Å²) >= 11 is 4.15. The second-order valence-corrected chi connectivity index (χ2v) is 8.51. The van der Waals surface area contributed by atoms with Crippen LogP contribution in [0.25, 0.3) is 11.3 Å². The number of hydrogen-bond donors (Lipinski definition) is 1. The maximum absolute atomic E-state index is 12.6. The van der Waals surface area contributed by atoms with Crippen LogP contribution in [-0.2, 0) is 9.84 Å². The lowest BCUT2D eigenvalue weighted by molar-refractivity contribution is 0.540. The maximum atomic E-state index is 12.6. The predicted molar refractivity (Wildman–Crippen MR) is 89.4 cm³/mol. The van der Waals surface area contributed by atoms with Crippen molar-refractivity contribution in [1.82, 2.24) is 4.98 Å². The van der Waals surface area contributed by atoms with E-state index >= 15 is 0 Å². The minimum atomic E-state index is -3.37. The first-order valence-corrected chi connectivity index (χ1v) is 8.87. The Labute approximate surface area is 131 Å². The van der Waals surface area contributed by atoms with Gasteiger partial charge in [-0.15, -0.1) is 0 Å². The fraction of sp³-hybridized carbons (Fsp3) is 0.312. The molecule has 21 heavy (non-hydrogen) atoms. The zero-order valence-electron chi connectivity index (χ0n) is 12.2. The van der Waals surface area contributed by atoms with E-state index in [0.717, 1.165) is 11.3 Å². The molecule has 1 aromatic heterocycles. The molecule has 5 heteroatoms. The Balaban J connectivity index is 2.35. The fourth-order valence-corrected chi connectivity index (χ4v) is 4.27. The zero-order valence-corrected chi connectivity index (χ0v) is 13.9. The average molecular weight is 321 g/mol. The van der Waals surface area contributed by atoms with Crippen LogP contribution in [0.2, 0.25) is 0 Å². The number of benzene rings is 1. The number of hydrogen-bond acceptors (Lipinski definition) is 4. The molecule has 0 aliphatic heterocycles. The lowest BCUT2D eigenvalue weighted by atomic mass is 10.1. The third-order valence-corrected chi connectivity index (χ3v) is 6.34. The van der Waals surface area contributed by atoms with Gasteiger partial charge in [0.1, 0.15) is 0 Å². The third-order valence-electron chi connectivity index (χ3n) is 3.57. The second-order valence-electron chi connectivity index (χ2n) is 5.48. The quantitative estimate of drug-likeness (QED) is 0.856. The Morgan fingerprint density at radius 3 is 2.29 bits per heavy atom. The van der Waals surface area contributed by atoms with Crippen LogP contribution in [0.5, 0.6) is 0 Å². The van der Waals surface area contributed by atoms with Crippen LogP contribution in [0.3, 0.4) is 0 Å². The van der Waals surface area contributed by atoms with Crippen LogP contribution in [0.15, 0.2) is 53.6 Å². The average Bonchev–Trinajstić information content (AvgIpc) is 2.48. The van der Waals surface area contributed by atoms with Gasteiger partial charge in [-0.1, -0.05) is 18.2 Å². The lowest BCUT2D eigenvalue weighted by Gasteiger charge is -2.24. The molecule has 0 N–H and O–H groups in total. The van der Waals surface area contributed by atoms with Crippen molar-refractivity contribution in [3.8, 4) is 11.3 Å². The van der Waals surface area contributed by atoms with Crippen molar-refractivity contribution in [2.24, 2.45) is 0 Å². The van der Waals surface area contributed by atoms with Crippen LogP contribution in [0, 0.1) is 0 Å². The first kappa shape index (κ1) is 16.0. The first-order chi connectivity index (χ1) is 9.88. The molecule has 0 aliphatic rings. The van der Waals surface area contributed by atoms with Crippen molar-refractivity contribution in [1.29, 1.82) is 0 Å². The van der Waals surface area contributed by atoms with Gasteiger partial charge in [-0.25, -0.2) is 8.42 Å². The summed E-state index contributed by atoms with van der Waals surface area (Å²) in [7, 11) is -3.37. The summed E-state index contributed by atoms with van der Waals surface area (Å²) < 4.78 is 24.5. The van der Waals surface area contributed by atoms with E-state index < -0.39 is 14.6 Å². The minimum absolute atomic E-state index is 0.342. The molecule has 0 unspecified atom stereocenters. The monoisotopic (exact) mass is 321 g/mol. The Bertz CT molecular complexity index is 693. The number of sulfone groups is 1. The summed E-state index contributed by atoms with van der Waals surface area (Å²) in [5, 5.41) is 0. The molecule has 2 aromatic rings. The molecule has 1 aromatic carbocycles. The molecule has 0 spiro atoms. The van der Waals surface area contributed by atoms with Gasteiger partial charge in [0.2, 0.25) is 0 Å². The highest BCUT2D eigenvalue weighted by molar-refractivity contribution is 7.92. The molecule has 0 saturated carbocycles. The lowest BCUT2D eigenvalue weighted by Crippen LogP contribution is -2.32.